The van der Waals surface area contributed by atoms with Crippen LogP contribution in [-0.2, 0) is 15.1 Å². The SMILES string of the molecule is Cc1ccccc1-c1cc([C@H](CC(=O)O)NC[C@@](C=O)(CC(C)C)n2cc(OCCN(C)C)ccc2=O)cnc1C. The lowest BCUT2D eigenvalue weighted by Gasteiger charge is -2.34. The van der Waals surface area contributed by atoms with E-state index < -0.39 is 17.6 Å². The van der Waals surface area contributed by atoms with Gasteiger partial charge in [-0.1, -0.05) is 38.1 Å². The molecule has 2 N–H and O–H groups in total. The molecule has 220 valence electrons. The van der Waals surface area contributed by atoms with Gasteiger partial charge in [0.05, 0.1) is 12.6 Å². The van der Waals surface area contributed by atoms with Crippen molar-refractivity contribution in [3.8, 4) is 16.9 Å². The second kappa shape index (κ2) is 14.2. The third kappa shape index (κ3) is 8.34. The number of aromatic nitrogens is 2. The Kier molecular flexibility index (Phi) is 11.0. The number of carboxylic acid groups (broad SMARTS) is 1. The van der Waals surface area contributed by atoms with Crippen LogP contribution < -0.4 is 15.6 Å². The number of rotatable bonds is 15. The number of benzene rings is 1. The number of hydrogen-bond acceptors (Lipinski definition) is 7. The molecule has 0 aliphatic carbocycles. The van der Waals surface area contributed by atoms with Gasteiger partial charge in [0.15, 0.2) is 0 Å². The quantitative estimate of drug-likeness (QED) is 0.265. The van der Waals surface area contributed by atoms with E-state index in [-0.39, 0.29) is 24.4 Å². The zero-order valence-corrected chi connectivity index (χ0v) is 24.9. The van der Waals surface area contributed by atoms with Crippen LogP contribution in [-0.4, -0.2) is 65.6 Å². The molecule has 2 atom stereocenters. The number of aldehydes is 1. The van der Waals surface area contributed by atoms with Gasteiger partial charge in [-0.2, -0.15) is 0 Å². The first-order valence-corrected chi connectivity index (χ1v) is 13.9. The van der Waals surface area contributed by atoms with Crippen molar-refractivity contribution in [2.75, 3.05) is 33.8 Å². The van der Waals surface area contributed by atoms with E-state index in [1.54, 1.807) is 18.5 Å². The van der Waals surface area contributed by atoms with E-state index in [1.165, 1.54) is 10.6 Å². The summed E-state index contributed by atoms with van der Waals surface area (Å²) in [5.74, 6) is -0.442. The van der Waals surface area contributed by atoms with E-state index >= 15 is 0 Å². The Morgan fingerprint density at radius 2 is 1.90 bits per heavy atom. The number of carbonyl (C=O) groups excluding carboxylic acids is 1. The Hall–Kier alpha value is -3.82. The van der Waals surface area contributed by atoms with Crippen molar-refractivity contribution in [1.29, 1.82) is 0 Å². The molecule has 2 aromatic heterocycles. The normalized spacial score (nSPS) is 13.7. The molecule has 0 bridgehead atoms. The summed E-state index contributed by atoms with van der Waals surface area (Å²) >= 11 is 0. The maximum Gasteiger partial charge on any atom is 0.305 e. The molecule has 0 saturated heterocycles. The fraction of sp³-hybridized carbons (Fsp3) is 0.438. The highest BCUT2D eigenvalue weighted by Crippen LogP contribution is 2.30. The van der Waals surface area contributed by atoms with Crippen LogP contribution >= 0.6 is 0 Å². The number of carboxylic acids is 1. The second-order valence-electron chi connectivity index (χ2n) is 11.3. The van der Waals surface area contributed by atoms with Gasteiger partial charge in [-0.3, -0.25) is 19.1 Å². The Morgan fingerprint density at radius 3 is 2.54 bits per heavy atom. The van der Waals surface area contributed by atoms with Crippen molar-refractivity contribution < 1.29 is 19.4 Å². The fourth-order valence-electron chi connectivity index (χ4n) is 5.03. The third-order valence-electron chi connectivity index (χ3n) is 7.13. The van der Waals surface area contributed by atoms with Gasteiger partial charge in [-0.15, -0.1) is 0 Å². The van der Waals surface area contributed by atoms with E-state index in [2.05, 4.69) is 10.3 Å². The largest absolute Gasteiger partial charge is 0.491 e. The van der Waals surface area contributed by atoms with Gasteiger partial charge in [-0.05, 0) is 69.1 Å². The highest BCUT2D eigenvalue weighted by atomic mass is 16.5. The first-order chi connectivity index (χ1) is 19.5. The maximum atomic E-state index is 13.1. The zero-order valence-electron chi connectivity index (χ0n) is 24.9. The molecular weight excluding hydrogens is 520 g/mol. The number of carbonyl (C=O) groups is 2. The summed E-state index contributed by atoms with van der Waals surface area (Å²) in [5.41, 5.74) is 2.94. The summed E-state index contributed by atoms with van der Waals surface area (Å²) in [6, 6.07) is 12.3. The molecule has 0 spiro atoms. The topological polar surface area (TPSA) is 114 Å². The molecular formula is C32H42N4O5. The molecule has 3 aromatic rings. The second-order valence-corrected chi connectivity index (χ2v) is 11.3. The molecule has 0 radical (unpaired) electrons. The first-order valence-electron chi connectivity index (χ1n) is 13.9. The van der Waals surface area contributed by atoms with Gasteiger partial charge in [0.1, 0.15) is 24.2 Å². The van der Waals surface area contributed by atoms with Gasteiger partial charge < -0.3 is 24.9 Å². The molecule has 9 nitrogen and oxygen atoms in total. The van der Waals surface area contributed by atoms with Crippen LogP contribution in [0.2, 0.25) is 0 Å². The summed E-state index contributed by atoms with van der Waals surface area (Å²) < 4.78 is 7.28. The molecule has 0 aliphatic rings. The molecule has 2 heterocycles. The van der Waals surface area contributed by atoms with Crippen molar-refractivity contribution in [3.63, 3.8) is 0 Å². The highest BCUT2D eigenvalue weighted by Gasteiger charge is 2.35. The lowest BCUT2D eigenvalue weighted by molar-refractivity contribution is -0.137. The van der Waals surface area contributed by atoms with Gasteiger partial charge in [0, 0.05) is 42.7 Å². The number of nitrogens with one attached hydrogen (secondary N) is 1. The van der Waals surface area contributed by atoms with Gasteiger partial charge in [0.2, 0.25) is 0 Å². The predicted octanol–water partition coefficient (Wildman–Crippen LogP) is 4.21. The molecule has 41 heavy (non-hydrogen) atoms. The molecule has 9 heteroatoms. The van der Waals surface area contributed by atoms with Crippen LogP contribution in [0.5, 0.6) is 5.75 Å². The zero-order chi connectivity index (χ0) is 30.2. The molecule has 0 unspecified atom stereocenters. The average molecular weight is 563 g/mol. The molecule has 0 aliphatic heterocycles. The highest BCUT2D eigenvalue weighted by molar-refractivity contribution is 5.71. The summed E-state index contributed by atoms with van der Waals surface area (Å²) in [4.78, 5) is 44.5. The van der Waals surface area contributed by atoms with Crippen LogP contribution in [0.3, 0.4) is 0 Å². The average Bonchev–Trinajstić information content (AvgIpc) is 2.91. The predicted molar refractivity (Wildman–Crippen MR) is 160 cm³/mol. The number of pyridine rings is 2. The van der Waals surface area contributed by atoms with E-state index in [9.17, 15) is 19.5 Å². The van der Waals surface area contributed by atoms with E-state index in [0.717, 1.165) is 28.7 Å². The van der Waals surface area contributed by atoms with E-state index in [4.69, 9.17) is 4.74 Å². The summed E-state index contributed by atoms with van der Waals surface area (Å²) in [6.07, 6.45) is 4.18. The Labute approximate surface area is 242 Å². The number of hydrogen-bond donors (Lipinski definition) is 2. The standard InChI is InChI=1S/C32H42N4O5/c1-22(2)17-32(21-37,36-19-26(11-12-30(36)38)41-14-13-35(5)6)20-34-29(16-31(39)40)25-15-28(24(4)33-18-25)27-10-8-7-9-23(27)3/h7-12,15,18-19,21-22,29,34H,13-14,16-17,20H2,1-6H3,(H,39,40)/t29-,32+/m0/s1. The van der Waals surface area contributed by atoms with Crippen LogP contribution in [0.4, 0.5) is 0 Å². The number of aliphatic carboxylic acids is 1. The van der Waals surface area contributed by atoms with Crippen LogP contribution in [0, 0.1) is 19.8 Å². The maximum absolute atomic E-state index is 13.1. The lowest BCUT2D eigenvalue weighted by atomic mass is 9.88. The third-order valence-corrected chi connectivity index (χ3v) is 7.13. The van der Waals surface area contributed by atoms with Gasteiger partial charge >= 0.3 is 5.97 Å². The molecule has 0 saturated carbocycles. The number of likely N-dealkylation sites (N-methyl/N-ethyl adjacent to an activating group) is 1. The van der Waals surface area contributed by atoms with Crippen LogP contribution in [0.25, 0.3) is 11.1 Å². The minimum absolute atomic E-state index is 0.0429. The lowest BCUT2D eigenvalue weighted by Crippen LogP contribution is -2.50. The molecule has 1 aromatic carbocycles. The van der Waals surface area contributed by atoms with Crippen molar-refractivity contribution in [1.82, 2.24) is 19.8 Å². The molecule has 3 rings (SSSR count). The smallest absolute Gasteiger partial charge is 0.305 e. The summed E-state index contributed by atoms with van der Waals surface area (Å²) in [6.45, 7) is 9.06. The van der Waals surface area contributed by atoms with Crippen molar-refractivity contribution in [2.24, 2.45) is 5.92 Å². The van der Waals surface area contributed by atoms with Crippen molar-refractivity contribution in [2.45, 2.75) is 52.1 Å². The van der Waals surface area contributed by atoms with Crippen LogP contribution in [0.15, 0.2) is 59.7 Å². The summed E-state index contributed by atoms with van der Waals surface area (Å²) in [5, 5.41) is 13.1. The Morgan fingerprint density at radius 1 is 1.17 bits per heavy atom. The minimum atomic E-state index is -1.26. The van der Waals surface area contributed by atoms with E-state index in [0.29, 0.717) is 30.9 Å². The molecule has 0 fully saturated rings. The van der Waals surface area contributed by atoms with E-state index in [1.807, 2.05) is 77.0 Å². The monoisotopic (exact) mass is 562 g/mol. The van der Waals surface area contributed by atoms with Crippen molar-refractivity contribution in [3.05, 3.63) is 82.0 Å². The summed E-state index contributed by atoms with van der Waals surface area (Å²) in [7, 11) is 3.88. The van der Waals surface area contributed by atoms with Crippen molar-refractivity contribution >= 4 is 12.3 Å². The number of aryl methyl sites for hydroxylation is 2. The Bertz CT molecular complexity index is 1400. The minimum Gasteiger partial charge on any atom is -0.491 e. The number of ether oxygens (including phenoxy) is 1. The number of nitrogens with zero attached hydrogens (tertiary/aromatic N) is 3. The van der Waals surface area contributed by atoms with Gasteiger partial charge in [-0.25, -0.2) is 0 Å². The van der Waals surface area contributed by atoms with Gasteiger partial charge in [0.25, 0.3) is 5.56 Å². The van der Waals surface area contributed by atoms with Crippen LogP contribution in [0.1, 0.15) is 49.6 Å². The first kappa shape index (κ1) is 31.7. The Balaban J connectivity index is 2.00. The molecule has 0 amide bonds. The fourth-order valence-corrected chi connectivity index (χ4v) is 5.03.